The lowest BCUT2D eigenvalue weighted by molar-refractivity contribution is 0.0980. The van der Waals surface area contributed by atoms with Crippen LogP contribution >= 0.6 is 0 Å². The molecule has 31 heavy (non-hydrogen) atoms. The number of ketones is 2. The van der Waals surface area contributed by atoms with Crippen LogP contribution in [-0.2, 0) is 4.74 Å². The van der Waals surface area contributed by atoms with Crippen LogP contribution in [0.5, 0.6) is 0 Å². The summed E-state index contributed by atoms with van der Waals surface area (Å²) in [6.07, 6.45) is 3.96. The molecule has 0 saturated carbocycles. The molecule has 6 nitrogen and oxygen atoms in total. The van der Waals surface area contributed by atoms with Gasteiger partial charge in [0.1, 0.15) is 0 Å². The van der Waals surface area contributed by atoms with Gasteiger partial charge in [-0.2, -0.15) is 0 Å². The molecule has 164 valence electrons. The second kappa shape index (κ2) is 10.2. The van der Waals surface area contributed by atoms with Crippen molar-refractivity contribution in [2.75, 3.05) is 23.7 Å². The SMILES string of the molecule is CCCCCNc1ccc(NCC(=N)OC(C)CC)c2c1C(=O)c1ccccc1C2=O. The molecule has 0 saturated heterocycles. The third-order valence-corrected chi connectivity index (χ3v) is 5.53. The zero-order valence-electron chi connectivity index (χ0n) is 18.5. The molecule has 6 heteroatoms. The lowest BCUT2D eigenvalue weighted by Gasteiger charge is -2.24. The van der Waals surface area contributed by atoms with Crippen molar-refractivity contribution in [3.8, 4) is 0 Å². The smallest absolute Gasteiger partial charge is 0.200 e. The van der Waals surface area contributed by atoms with E-state index in [1.165, 1.54) is 0 Å². The van der Waals surface area contributed by atoms with E-state index in [0.717, 1.165) is 32.2 Å². The third-order valence-electron chi connectivity index (χ3n) is 5.53. The topological polar surface area (TPSA) is 91.3 Å². The normalized spacial score (nSPS) is 13.3. The maximum Gasteiger partial charge on any atom is 0.200 e. The van der Waals surface area contributed by atoms with Crippen LogP contribution in [0, 0.1) is 5.41 Å². The van der Waals surface area contributed by atoms with E-state index >= 15 is 0 Å². The molecule has 0 heterocycles. The largest absolute Gasteiger partial charge is 0.477 e. The molecular weight excluding hydrogens is 390 g/mol. The van der Waals surface area contributed by atoms with Gasteiger partial charge in [0, 0.05) is 29.0 Å². The van der Waals surface area contributed by atoms with Crippen molar-refractivity contribution in [3.63, 3.8) is 0 Å². The maximum atomic E-state index is 13.4. The molecule has 0 spiro atoms. The summed E-state index contributed by atoms with van der Waals surface area (Å²) in [5, 5.41) is 14.5. The maximum absolute atomic E-state index is 13.4. The summed E-state index contributed by atoms with van der Waals surface area (Å²) in [6, 6.07) is 10.6. The van der Waals surface area contributed by atoms with Crippen molar-refractivity contribution < 1.29 is 14.3 Å². The van der Waals surface area contributed by atoms with Gasteiger partial charge in [-0.05, 0) is 31.9 Å². The van der Waals surface area contributed by atoms with Crippen molar-refractivity contribution in [2.24, 2.45) is 0 Å². The predicted molar refractivity (Wildman–Crippen MR) is 125 cm³/mol. The first-order valence-corrected chi connectivity index (χ1v) is 11.0. The number of unbranched alkanes of at least 4 members (excludes halogenated alkanes) is 2. The Kier molecular flexibility index (Phi) is 7.45. The number of rotatable bonds is 10. The minimum Gasteiger partial charge on any atom is -0.477 e. The summed E-state index contributed by atoms with van der Waals surface area (Å²) in [5.41, 5.74) is 2.83. The fourth-order valence-electron chi connectivity index (χ4n) is 3.66. The number of hydrogen-bond donors (Lipinski definition) is 3. The Bertz CT molecular complexity index is 984. The molecule has 0 amide bonds. The standard InChI is InChI=1S/C25H31N3O3/c1-4-6-9-14-27-19-12-13-20(28-15-21(26)31-16(3)5-2)23-22(19)24(29)17-10-7-8-11-18(17)25(23)30/h7-8,10-13,16,26-28H,4-6,9,14-15H2,1-3H3. The van der Waals surface area contributed by atoms with Crippen LogP contribution < -0.4 is 10.6 Å². The van der Waals surface area contributed by atoms with Gasteiger partial charge in [0.15, 0.2) is 11.6 Å². The molecule has 2 aromatic carbocycles. The Hall–Kier alpha value is -3.15. The van der Waals surface area contributed by atoms with Gasteiger partial charge in [-0.15, -0.1) is 0 Å². The monoisotopic (exact) mass is 421 g/mol. The summed E-state index contributed by atoms with van der Waals surface area (Å²) in [5.74, 6) is -0.239. The molecule has 0 radical (unpaired) electrons. The lowest BCUT2D eigenvalue weighted by atomic mass is 9.82. The van der Waals surface area contributed by atoms with E-state index in [0.29, 0.717) is 33.6 Å². The van der Waals surface area contributed by atoms with Crippen LogP contribution in [0.3, 0.4) is 0 Å². The second-order valence-corrected chi connectivity index (χ2v) is 7.86. The highest BCUT2D eigenvalue weighted by molar-refractivity contribution is 6.31. The van der Waals surface area contributed by atoms with E-state index in [2.05, 4.69) is 17.6 Å². The number of carbonyl (C=O) groups excluding carboxylic acids is 2. The van der Waals surface area contributed by atoms with Crippen molar-refractivity contribution in [1.82, 2.24) is 0 Å². The highest BCUT2D eigenvalue weighted by atomic mass is 16.5. The molecule has 0 aliphatic heterocycles. The Morgan fingerprint density at radius 1 is 0.935 bits per heavy atom. The molecule has 2 aromatic rings. The zero-order chi connectivity index (χ0) is 22.4. The fourth-order valence-corrected chi connectivity index (χ4v) is 3.66. The van der Waals surface area contributed by atoms with Gasteiger partial charge >= 0.3 is 0 Å². The number of hydrogen-bond acceptors (Lipinski definition) is 6. The van der Waals surface area contributed by atoms with E-state index in [1.807, 2.05) is 19.9 Å². The zero-order valence-corrected chi connectivity index (χ0v) is 18.5. The van der Waals surface area contributed by atoms with Crippen LogP contribution in [0.4, 0.5) is 11.4 Å². The van der Waals surface area contributed by atoms with Crippen LogP contribution in [0.15, 0.2) is 36.4 Å². The quantitative estimate of drug-likeness (QED) is 0.236. The van der Waals surface area contributed by atoms with Gasteiger partial charge in [-0.3, -0.25) is 15.0 Å². The molecule has 0 bridgehead atoms. The van der Waals surface area contributed by atoms with Crippen molar-refractivity contribution in [2.45, 2.75) is 52.6 Å². The first-order valence-electron chi connectivity index (χ1n) is 11.0. The van der Waals surface area contributed by atoms with E-state index in [4.69, 9.17) is 10.1 Å². The Morgan fingerprint density at radius 2 is 1.52 bits per heavy atom. The van der Waals surface area contributed by atoms with Crippen LogP contribution in [0.2, 0.25) is 0 Å². The van der Waals surface area contributed by atoms with Crippen molar-refractivity contribution in [1.29, 1.82) is 5.41 Å². The van der Waals surface area contributed by atoms with E-state index in [9.17, 15) is 9.59 Å². The minimum atomic E-state index is -0.181. The Labute approximate surface area is 183 Å². The molecule has 1 unspecified atom stereocenters. The molecule has 0 fully saturated rings. The molecule has 1 atom stereocenters. The minimum absolute atomic E-state index is 0.0481. The first-order chi connectivity index (χ1) is 15.0. The summed E-state index contributed by atoms with van der Waals surface area (Å²) in [6.45, 7) is 6.93. The second-order valence-electron chi connectivity index (χ2n) is 7.86. The van der Waals surface area contributed by atoms with E-state index in [-0.39, 0.29) is 30.1 Å². The molecular formula is C25H31N3O3. The van der Waals surface area contributed by atoms with Crippen LogP contribution in [0.1, 0.15) is 78.3 Å². The van der Waals surface area contributed by atoms with Gasteiger partial charge in [0.25, 0.3) is 0 Å². The molecule has 0 aromatic heterocycles. The molecule has 3 rings (SSSR count). The number of fused-ring (bicyclic) bond motifs is 2. The van der Waals surface area contributed by atoms with Gasteiger partial charge in [0.05, 0.1) is 23.8 Å². The first kappa shape index (κ1) is 22.5. The third kappa shape index (κ3) is 4.95. The molecule has 3 N–H and O–H groups in total. The van der Waals surface area contributed by atoms with Gasteiger partial charge < -0.3 is 15.4 Å². The van der Waals surface area contributed by atoms with E-state index < -0.39 is 0 Å². The summed E-state index contributed by atoms with van der Waals surface area (Å²) >= 11 is 0. The van der Waals surface area contributed by atoms with Crippen LogP contribution in [0.25, 0.3) is 0 Å². The number of anilines is 2. The average molecular weight is 422 g/mol. The van der Waals surface area contributed by atoms with Crippen LogP contribution in [-0.4, -0.2) is 36.7 Å². The highest BCUT2D eigenvalue weighted by Crippen LogP contribution is 2.36. The van der Waals surface area contributed by atoms with Gasteiger partial charge in [-0.25, -0.2) is 0 Å². The lowest BCUT2D eigenvalue weighted by Crippen LogP contribution is -2.26. The molecule has 1 aliphatic carbocycles. The molecule has 1 aliphatic rings. The van der Waals surface area contributed by atoms with Crippen molar-refractivity contribution >= 4 is 28.8 Å². The number of benzene rings is 2. The predicted octanol–water partition coefficient (Wildman–Crippen LogP) is 5.27. The van der Waals surface area contributed by atoms with Gasteiger partial charge in [0.2, 0.25) is 5.90 Å². The Morgan fingerprint density at radius 3 is 2.06 bits per heavy atom. The Balaban J connectivity index is 1.94. The average Bonchev–Trinajstić information content (AvgIpc) is 2.78. The number of nitrogens with one attached hydrogen (secondary N) is 3. The van der Waals surface area contributed by atoms with E-state index in [1.54, 1.807) is 30.3 Å². The van der Waals surface area contributed by atoms with Crippen molar-refractivity contribution in [3.05, 3.63) is 58.7 Å². The summed E-state index contributed by atoms with van der Waals surface area (Å²) < 4.78 is 5.53. The van der Waals surface area contributed by atoms with Gasteiger partial charge in [-0.1, -0.05) is 51.0 Å². The fraction of sp³-hybridized carbons (Fsp3) is 0.400. The summed E-state index contributed by atoms with van der Waals surface area (Å²) in [7, 11) is 0. The highest BCUT2D eigenvalue weighted by Gasteiger charge is 2.33. The number of carbonyl (C=O) groups is 2. The number of ether oxygens (including phenoxy) is 1. The summed E-state index contributed by atoms with van der Waals surface area (Å²) in [4.78, 5) is 26.7.